The number of amides is 1. The molecule has 0 radical (unpaired) electrons. The third kappa shape index (κ3) is 3.41. The van der Waals surface area contributed by atoms with E-state index < -0.39 is 33.2 Å². The fourth-order valence-electron chi connectivity index (χ4n) is 3.02. The predicted octanol–water partition coefficient (Wildman–Crippen LogP) is 0.123. The van der Waals surface area contributed by atoms with Crippen LogP contribution >= 0.6 is 0 Å². The Balaban J connectivity index is 1.71. The standard InChI is InChI=1S/C14H21N3O5S/c1-17-6-5-15-13(17)12-11(4-8-22-12)14(18)16-23(19,20)10-3-2-7-21-9-10/h5-6,10-12H,2-4,7-9H2,1H3,(H,16,18)/t10?,11-,12-/m1/s1. The van der Waals surface area contributed by atoms with Crippen molar-refractivity contribution < 1.29 is 22.7 Å². The number of hydrogen-bond donors (Lipinski definition) is 1. The third-order valence-electron chi connectivity index (χ3n) is 4.34. The molecule has 3 heterocycles. The third-order valence-corrected chi connectivity index (χ3v) is 6.08. The molecule has 0 aliphatic carbocycles. The van der Waals surface area contributed by atoms with E-state index in [1.54, 1.807) is 17.0 Å². The molecular formula is C14H21N3O5S. The highest BCUT2D eigenvalue weighted by Crippen LogP contribution is 2.33. The first-order chi connectivity index (χ1) is 11.0. The Morgan fingerprint density at radius 3 is 2.87 bits per heavy atom. The Labute approximate surface area is 135 Å². The second-order valence-electron chi connectivity index (χ2n) is 5.93. The molecule has 3 rings (SSSR count). The summed E-state index contributed by atoms with van der Waals surface area (Å²) in [6.45, 7) is 1.10. The maximum absolute atomic E-state index is 12.5. The summed E-state index contributed by atoms with van der Waals surface area (Å²) in [5, 5.41) is -0.672. The summed E-state index contributed by atoms with van der Waals surface area (Å²) in [6.07, 6.45) is 4.53. The fourth-order valence-corrected chi connectivity index (χ4v) is 4.37. The Morgan fingerprint density at radius 1 is 1.39 bits per heavy atom. The molecule has 0 aromatic carbocycles. The maximum atomic E-state index is 12.5. The quantitative estimate of drug-likeness (QED) is 0.834. The van der Waals surface area contributed by atoms with E-state index in [0.29, 0.717) is 38.3 Å². The number of aryl methyl sites for hydroxylation is 1. The number of hydrogen-bond acceptors (Lipinski definition) is 6. The van der Waals surface area contributed by atoms with Gasteiger partial charge >= 0.3 is 0 Å². The van der Waals surface area contributed by atoms with E-state index in [4.69, 9.17) is 9.47 Å². The minimum absolute atomic E-state index is 0.132. The zero-order chi connectivity index (χ0) is 16.4. The second-order valence-corrected chi connectivity index (χ2v) is 7.89. The van der Waals surface area contributed by atoms with Crippen LogP contribution in [0.4, 0.5) is 0 Å². The number of sulfonamides is 1. The van der Waals surface area contributed by atoms with Gasteiger partial charge in [-0.25, -0.2) is 13.4 Å². The highest BCUT2D eigenvalue weighted by atomic mass is 32.2. The Kier molecular flexibility index (Phi) is 4.69. The summed E-state index contributed by atoms with van der Waals surface area (Å²) < 4.78 is 39.5. The lowest BCUT2D eigenvalue weighted by molar-refractivity contribution is -0.125. The summed E-state index contributed by atoms with van der Waals surface area (Å²) >= 11 is 0. The molecule has 0 bridgehead atoms. The number of nitrogens with one attached hydrogen (secondary N) is 1. The first-order valence-corrected chi connectivity index (χ1v) is 9.25. The van der Waals surface area contributed by atoms with Gasteiger partial charge in [0.15, 0.2) is 0 Å². The van der Waals surface area contributed by atoms with Crippen LogP contribution in [0.1, 0.15) is 31.2 Å². The maximum Gasteiger partial charge on any atom is 0.240 e. The van der Waals surface area contributed by atoms with Crippen LogP contribution in [0.15, 0.2) is 12.4 Å². The largest absolute Gasteiger partial charge is 0.380 e. The molecule has 2 aliphatic heterocycles. The van der Waals surface area contributed by atoms with E-state index >= 15 is 0 Å². The van der Waals surface area contributed by atoms with Gasteiger partial charge in [-0.3, -0.25) is 9.52 Å². The van der Waals surface area contributed by atoms with Crippen molar-refractivity contribution in [1.29, 1.82) is 0 Å². The van der Waals surface area contributed by atoms with Crippen LogP contribution in [0.2, 0.25) is 0 Å². The van der Waals surface area contributed by atoms with Crippen molar-refractivity contribution >= 4 is 15.9 Å². The lowest BCUT2D eigenvalue weighted by Gasteiger charge is -2.24. The predicted molar refractivity (Wildman–Crippen MR) is 80.9 cm³/mol. The van der Waals surface area contributed by atoms with Crippen LogP contribution in [-0.2, 0) is 31.3 Å². The van der Waals surface area contributed by atoms with Crippen LogP contribution in [0.5, 0.6) is 0 Å². The van der Waals surface area contributed by atoms with E-state index in [2.05, 4.69) is 9.71 Å². The summed E-state index contributed by atoms with van der Waals surface area (Å²) in [5.74, 6) is -0.461. The zero-order valence-corrected chi connectivity index (χ0v) is 13.8. The van der Waals surface area contributed by atoms with Crippen LogP contribution in [-0.4, -0.2) is 48.9 Å². The summed E-state index contributed by atoms with van der Waals surface area (Å²) in [6, 6.07) is 0. The SMILES string of the molecule is Cn1ccnc1[C@@H]1OCC[C@H]1C(=O)NS(=O)(=O)C1CCCOC1. The number of ether oxygens (including phenoxy) is 2. The van der Waals surface area contributed by atoms with E-state index in [0.717, 1.165) is 0 Å². The van der Waals surface area contributed by atoms with E-state index in [1.807, 2.05) is 7.05 Å². The minimum Gasteiger partial charge on any atom is -0.380 e. The van der Waals surface area contributed by atoms with Gasteiger partial charge in [0.25, 0.3) is 0 Å². The van der Waals surface area contributed by atoms with Gasteiger partial charge in [0.05, 0.1) is 12.5 Å². The van der Waals surface area contributed by atoms with Gasteiger partial charge in [-0.05, 0) is 19.3 Å². The summed E-state index contributed by atoms with van der Waals surface area (Å²) in [5.41, 5.74) is 0. The second kappa shape index (κ2) is 6.58. The molecule has 8 nitrogen and oxygen atoms in total. The minimum atomic E-state index is -3.73. The Hall–Kier alpha value is -1.45. The molecule has 2 fully saturated rings. The summed E-state index contributed by atoms with van der Waals surface area (Å²) in [7, 11) is -1.92. The van der Waals surface area contributed by atoms with Crippen molar-refractivity contribution in [2.24, 2.45) is 13.0 Å². The van der Waals surface area contributed by atoms with Gasteiger partial charge in [0.2, 0.25) is 15.9 Å². The molecule has 2 aliphatic rings. The average Bonchev–Trinajstić information content (AvgIpc) is 3.16. The molecule has 1 amide bonds. The van der Waals surface area contributed by atoms with Gasteiger partial charge < -0.3 is 14.0 Å². The number of aromatic nitrogens is 2. The number of carbonyl (C=O) groups is 1. The van der Waals surface area contributed by atoms with E-state index in [9.17, 15) is 13.2 Å². The number of imidazole rings is 1. The van der Waals surface area contributed by atoms with Gasteiger partial charge in [-0.2, -0.15) is 0 Å². The van der Waals surface area contributed by atoms with Gasteiger partial charge in [0, 0.05) is 32.7 Å². The van der Waals surface area contributed by atoms with Gasteiger partial charge in [0.1, 0.15) is 17.2 Å². The van der Waals surface area contributed by atoms with Crippen molar-refractivity contribution in [3.8, 4) is 0 Å². The van der Waals surface area contributed by atoms with E-state index in [-0.39, 0.29) is 6.61 Å². The molecule has 0 spiro atoms. The highest BCUT2D eigenvalue weighted by molar-refractivity contribution is 7.90. The van der Waals surface area contributed by atoms with E-state index in [1.165, 1.54) is 0 Å². The molecule has 1 unspecified atom stereocenters. The lowest BCUT2D eigenvalue weighted by atomic mass is 10.0. The van der Waals surface area contributed by atoms with Gasteiger partial charge in [-0.15, -0.1) is 0 Å². The summed E-state index contributed by atoms with van der Waals surface area (Å²) in [4.78, 5) is 16.7. The van der Waals surface area contributed by atoms with Crippen LogP contribution in [0, 0.1) is 5.92 Å². The van der Waals surface area contributed by atoms with Crippen molar-refractivity contribution in [2.75, 3.05) is 19.8 Å². The zero-order valence-electron chi connectivity index (χ0n) is 13.0. The molecule has 3 atom stereocenters. The van der Waals surface area contributed by atoms with Crippen molar-refractivity contribution in [1.82, 2.24) is 14.3 Å². The van der Waals surface area contributed by atoms with Crippen molar-refractivity contribution in [2.45, 2.75) is 30.6 Å². The normalized spacial score (nSPS) is 28.7. The number of nitrogens with zero attached hydrogens (tertiary/aromatic N) is 2. The van der Waals surface area contributed by atoms with Gasteiger partial charge in [-0.1, -0.05) is 0 Å². The van der Waals surface area contributed by atoms with Crippen LogP contribution in [0.25, 0.3) is 0 Å². The molecule has 23 heavy (non-hydrogen) atoms. The molecule has 1 aromatic rings. The monoisotopic (exact) mass is 343 g/mol. The molecule has 2 saturated heterocycles. The van der Waals surface area contributed by atoms with Crippen LogP contribution in [0.3, 0.4) is 0 Å². The average molecular weight is 343 g/mol. The first-order valence-electron chi connectivity index (χ1n) is 7.71. The highest BCUT2D eigenvalue weighted by Gasteiger charge is 2.40. The molecular weight excluding hydrogens is 322 g/mol. The molecule has 1 N–H and O–H groups in total. The van der Waals surface area contributed by atoms with Crippen molar-refractivity contribution in [3.05, 3.63) is 18.2 Å². The fraction of sp³-hybridized carbons (Fsp3) is 0.714. The lowest BCUT2D eigenvalue weighted by Crippen LogP contribution is -2.45. The molecule has 9 heteroatoms. The topological polar surface area (TPSA) is 99.5 Å². The van der Waals surface area contributed by atoms with Crippen LogP contribution < -0.4 is 4.72 Å². The Morgan fingerprint density at radius 2 is 2.22 bits per heavy atom. The molecule has 0 saturated carbocycles. The Bertz CT molecular complexity index is 666. The molecule has 1 aromatic heterocycles. The number of carbonyl (C=O) groups excluding carboxylic acids is 1. The smallest absolute Gasteiger partial charge is 0.240 e. The first kappa shape index (κ1) is 16.4. The number of rotatable bonds is 4. The van der Waals surface area contributed by atoms with Crippen molar-refractivity contribution in [3.63, 3.8) is 0 Å². The molecule has 128 valence electrons.